The number of ether oxygens (including phenoxy) is 2. The van der Waals surface area contributed by atoms with Crippen LogP contribution in [0.5, 0.6) is 17.2 Å². The van der Waals surface area contributed by atoms with Crippen LogP contribution in [0.4, 0.5) is 0 Å². The molecule has 0 spiro atoms. The average molecular weight is 415 g/mol. The molecule has 0 aliphatic rings. The zero-order valence-corrected chi connectivity index (χ0v) is 16.2. The molecule has 0 aliphatic heterocycles. The van der Waals surface area contributed by atoms with Gasteiger partial charge in [0, 0.05) is 10.0 Å². The smallest absolute Gasteiger partial charge is 0.335 e. The van der Waals surface area contributed by atoms with E-state index in [-0.39, 0.29) is 5.56 Å². The Morgan fingerprint density at radius 3 is 2.50 bits per heavy atom. The van der Waals surface area contributed by atoms with Gasteiger partial charge in [-0.2, -0.15) is 0 Å². The van der Waals surface area contributed by atoms with Crippen molar-refractivity contribution < 1.29 is 19.4 Å². The monoisotopic (exact) mass is 414 g/mol. The molecule has 0 saturated carbocycles. The van der Waals surface area contributed by atoms with Gasteiger partial charge in [0.2, 0.25) is 0 Å². The molecule has 142 valence electrons. The Bertz CT molecular complexity index is 1010. The van der Waals surface area contributed by atoms with E-state index in [1.54, 1.807) is 36.4 Å². The van der Waals surface area contributed by atoms with Crippen LogP contribution in [0.15, 0.2) is 72.8 Å². The Balaban J connectivity index is 1.68. The minimum Gasteiger partial charge on any atom is -0.486 e. The lowest BCUT2D eigenvalue weighted by Gasteiger charge is -2.11. The van der Waals surface area contributed by atoms with Crippen LogP contribution in [0.1, 0.15) is 15.9 Å². The summed E-state index contributed by atoms with van der Waals surface area (Å²) in [4.78, 5) is 11.1. The summed E-state index contributed by atoms with van der Waals surface area (Å²) in [6.07, 6.45) is 3.68. The van der Waals surface area contributed by atoms with Crippen molar-refractivity contribution >= 4 is 35.2 Å². The van der Waals surface area contributed by atoms with E-state index in [9.17, 15) is 4.79 Å². The van der Waals surface area contributed by atoms with Crippen LogP contribution < -0.4 is 9.47 Å². The minimum absolute atomic E-state index is 0.152. The molecular weight excluding hydrogens is 399 g/mol. The highest BCUT2D eigenvalue weighted by atomic mass is 35.5. The van der Waals surface area contributed by atoms with Crippen molar-refractivity contribution in [2.75, 3.05) is 6.61 Å². The van der Waals surface area contributed by atoms with Crippen molar-refractivity contribution in [1.82, 2.24) is 0 Å². The van der Waals surface area contributed by atoms with E-state index in [0.717, 1.165) is 5.56 Å². The van der Waals surface area contributed by atoms with Crippen LogP contribution in [-0.4, -0.2) is 17.7 Å². The molecule has 0 bridgehead atoms. The third-order valence-electron chi connectivity index (χ3n) is 3.75. The largest absolute Gasteiger partial charge is 0.486 e. The van der Waals surface area contributed by atoms with Crippen LogP contribution in [0, 0.1) is 0 Å². The Kier molecular flexibility index (Phi) is 6.58. The number of carbonyl (C=O) groups is 1. The molecule has 0 unspecified atom stereocenters. The van der Waals surface area contributed by atoms with Crippen LogP contribution in [0.2, 0.25) is 10.0 Å². The molecule has 0 saturated heterocycles. The summed E-state index contributed by atoms with van der Waals surface area (Å²) in [6, 6.07) is 18.7. The fourth-order valence-corrected chi connectivity index (χ4v) is 2.89. The first kappa shape index (κ1) is 19.8. The van der Waals surface area contributed by atoms with E-state index in [0.29, 0.717) is 33.9 Å². The number of hydrogen-bond donors (Lipinski definition) is 1. The number of benzene rings is 3. The summed E-state index contributed by atoms with van der Waals surface area (Å²) in [7, 11) is 0. The number of rotatable bonds is 7. The van der Waals surface area contributed by atoms with Crippen LogP contribution in [0.3, 0.4) is 0 Å². The zero-order valence-electron chi connectivity index (χ0n) is 14.6. The Labute approximate surface area is 172 Å². The second-order valence-electron chi connectivity index (χ2n) is 5.76. The number of halogens is 2. The summed E-state index contributed by atoms with van der Waals surface area (Å²) >= 11 is 12.0. The van der Waals surface area contributed by atoms with Gasteiger partial charge in [0.1, 0.15) is 12.4 Å². The molecule has 3 aromatic rings. The third kappa shape index (κ3) is 5.28. The highest BCUT2D eigenvalue weighted by molar-refractivity contribution is 6.35. The predicted molar refractivity (Wildman–Crippen MR) is 111 cm³/mol. The Hall–Kier alpha value is -2.95. The average Bonchev–Trinajstić information content (AvgIpc) is 2.68. The van der Waals surface area contributed by atoms with E-state index >= 15 is 0 Å². The number of aromatic carboxylic acids is 1. The van der Waals surface area contributed by atoms with Crippen LogP contribution in [-0.2, 0) is 0 Å². The molecule has 1 N–H and O–H groups in total. The Morgan fingerprint density at radius 1 is 0.964 bits per heavy atom. The van der Waals surface area contributed by atoms with Gasteiger partial charge in [-0.15, -0.1) is 0 Å². The van der Waals surface area contributed by atoms with E-state index in [1.165, 1.54) is 12.1 Å². The Morgan fingerprint density at radius 2 is 1.75 bits per heavy atom. The zero-order chi connectivity index (χ0) is 19.9. The quantitative estimate of drug-likeness (QED) is 0.474. The SMILES string of the molecule is O=C(O)c1cccc(Oc2ccccc2OCC=Cc2ccc(Cl)cc2Cl)c1. The molecule has 0 radical (unpaired) electrons. The first-order valence-corrected chi connectivity index (χ1v) is 9.13. The molecule has 0 atom stereocenters. The minimum atomic E-state index is -1.01. The number of carboxylic acid groups (broad SMARTS) is 1. The fraction of sp³-hybridized carbons (Fsp3) is 0.0455. The molecule has 0 fully saturated rings. The highest BCUT2D eigenvalue weighted by Gasteiger charge is 2.08. The topological polar surface area (TPSA) is 55.8 Å². The fourth-order valence-electron chi connectivity index (χ4n) is 2.42. The van der Waals surface area contributed by atoms with Gasteiger partial charge in [-0.25, -0.2) is 4.79 Å². The summed E-state index contributed by atoms with van der Waals surface area (Å²) < 4.78 is 11.6. The van der Waals surface area contributed by atoms with Crippen molar-refractivity contribution in [2.24, 2.45) is 0 Å². The van der Waals surface area contributed by atoms with E-state index in [2.05, 4.69) is 0 Å². The van der Waals surface area contributed by atoms with Gasteiger partial charge in [0.05, 0.1) is 5.56 Å². The maximum absolute atomic E-state index is 11.1. The first-order chi connectivity index (χ1) is 13.5. The second kappa shape index (κ2) is 9.31. The summed E-state index contributed by atoms with van der Waals surface area (Å²) in [6.45, 7) is 0.300. The lowest BCUT2D eigenvalue weighted by Crippen LogP contribution is -1.98. The second-order valence-corrected chi connectivity index (χ2v) is 6.60. The maximum atomic E-state index is 11.1. The van der Waals surface area contributed by atoms with E-state index < -0.39 is 5.97 Å². The van der Waals surface area contributed by atoms with E-state index in [1.807, 2.05) is 30.4 Å². The molecule has 0 heterocycles. The summed E-state index contributed by atoms with van der Waals surface area (Å²) in [5.41, 5.74) is 0.989. The van der Waals surface area contributed by atoms with Gasteiger partial charge in [-0.05, 0) is 54.1 Å². The number of hydrogen-bond acceptors (Lipinski definition) is 3. The van der Waals surface area contributed by atoms with Gasteiger partial charge in [-0.3, -0.25) is 0 Å². The van der Waals surface area contributed by atoms with Crippen LogP contribution in [0.25, 0.3) is 6.08 Å². The van der Waals surface area contributed by atoms with Crippen LogP contribution >= 0.6 is 23.2 Å². The number of carboxylic acids is 1. The molecule has 0 aliphatic carbocycles. The lowest BCUT2D eigenvalue weighted by molar-refractivity contribution is 0.0696. The molecule has 28 heavy (non-hydrogen) atoms. The predicted octanol–water partition coefficient (Wildman–Crippen LogP) is 6.58. The summed E-state index contributed by atoms with van der Waals surface area (Å²) in [5, 5.41) is 10.2. The van der Waals surface area contributed by atoms with Crippen molar-refractivity contribution in [2.45, 2.75) is 0 Å². The molecule has 4 nitrogen and oxygen atoms in total. The van der Waals surface area contributed by atoms with Crippen molar-refractivity contribution in [3.05, 3.63) is 94.0 Å². The number of para-hydroxylation sites is 2. The standard InChI is InChI=1S/C22H16Cl2O4/c23-17-11-10-15(19(24)14-17)6-4-12-27-20-8-1-2-9-21(20)28-18-7-3-5-16(13-18)22(25)26/h1-11,13-14H,12H2,(H,25,26). The van der Waals surface area contributed by atoms with Gasteiger partial charge >= 0.3 is 5.97 Å². The first-order valence-electron chi connectivity index (χ1n) is 8.37. The van der Waals surface area contributed by atoms with Gasteiger partial charge in [-0.1, -0.05) is 53.5 Å². The lowest BCUT2D eigenvalue weighted by atomic mass is 10.2. The normalized spacial score (nSPS) is 10.8. The molecule has 3 rings (SSSR count). The summed E-state index contributed by atoms with van der Waals surface area (Å²) in [5.74, 6) is 0.429. The molecule has 3 aromatic carbocycles. The maximum Gasteiger partial charge on any atom is 0.335 e. The van der Waals surface area contributed by atoms with Crippen molar-refractivity contribution in [3.63, 3.8) is 0 Å². The third-order valence-corrected chi connectivity index (χ3v) is 4.32. The highest BCUT2D eigenvalue weighted by Crippen LogP contribution is 2.31. The molecule has 0 aromatic heterocycles. The van der Waals surface area contributed by atoms with Crippen molar-refractivity contribution in [3.8, 4) is 17.2 Å². The molecular formula is C22H16Cl2O4. The van der Waals surface area contributed by atoms with Gasteiger partial charge in [0.15, 0.2) is 11.5 Å². The van der Waals surface area contributed by atoms with Gasteiger partial charge < -0.3 is 14.6 Å². The molecule has 0 amide bonds. The van der Waals surface area contributed by atoms with Crippen molar-refractivity contribution in [1.29, 1.82) is 0 Å². The van der Waals surface area contributed by atoms with Gasteiger partial charge in [0.25, 0.3) is 0 Å². The van der Waals surface area contributed by atoms with E-state index in [4.69, 9.17) is 37.8 Å². The molecule has 6 heteroatoms.